The molecule has 7 heteroatoms. The van der Waals surface area contributed by atoms with Crippen LogP contribution in [0.5, 0.6) is 0 Å². The first-order valence-corrected chi connectivity index (χ1v) is 9.51. The molecule has 1 N–H and O–H groups in total. The minimum absolute atomic E-state index is 0.125. The Morgan fingerprint density at radius 3 is 2.62 bits per heavy atom. The van der Waals surface area contributed by atoms with Crippen LogP contribution in [0.4, 0.5) is 0 Å². The van der Waals surface area contributed by atoms with Crippen LogP contribution in [0.25, 0.3) is 0 Å². The summed E-state index contributed by atoms with van der Waals surface area (Å²) in [6.45, 7) is 2.12. The third-order valence-corrected chi connectivity index (χ3v) is 5.27. The smallest absolute Gasteiger partial charge is 0.261 e. The van der Waals surface area contributed by atoms with E-state index < -0.39 is 9.05 Å². The highest BCUT2D eigenvalue weighted by Crippen LogP contribution is 2.33. The molecule has 1 fully saturated rings. The van der Waals surface area contributed by atoms with E-state index >= 15 is 0 Å². The van der Waals surface area contributed by atoms with E-state index in [4.69, 9.17) is 22.3 Å². The molecular formula is C14H17Cl2NO3S. The zero-order chi connectivity index (χ0) is 15.6. The third-order valence-electron chi connectivity index (χ3n) is 3.60. The molecule has 0 bridgehead atoms. The molecule has 0 atom stereocenters. The summed E-state index contributed by atoms with van der Waals surface area (Å²) in [5.41, 5.74) is 0.558. The molecule has 1 aliphatic carbocycles. The van der Waals surface area contributed by atoms with Gasteiger partial charge < -0.3 is 5.32 Å². The summed E-state index contributed by atoms with van der Waals surface area (Å²) in [6.07, 6.45) is 4.63. The van der Waals surface area contributed by atoms with E-state index in [1.54, 1.807) is 6.92 Å². The van der Waals surface area contributed by atoms with Crippen molar-refractivity contribution in [3.8, 4) is 0 Å². The number of hydrogen-bond acceptors (Lipinski definition) is 3. The molecule has 0 spiro atoms. The van der Waals surface area contributed by atoms with Gasteiger partial charge in [-0.3, -0.25) is 4.79 Å². The molecule has 21 heavy (non-hydrogen) atoms. The van der Waals surface area contributed by atoms with E-state index in [1.807, 2.05) is 0 Å². The summed E-state index contributed by atoms with van der Waals surface area (Å²) in [6, 6.07) is 2.71. The highest BCUT2D eigenvalue weighted by molar-refractivity contribution is 8.13. The fraction of sp³-hybridized carbons (Fsp3) is 0.500. The normalized spacial score (nSPS) is 15.0. The highest BCUT2D eigenvalue weighted by Gasteiger charge is 2.22. The standard InChI is InChI=1S/C14H17Cl2NO3S/c1-9-12(7-11(15)8-13(9)21(16,19)20)14(18)17-6-2-3-10-4-5-10/h7-8,10H,2-6H2,1H3,(H,17,18). The number of benzene rings is 1. The maximum Gasteiger partial charge on any atom is 0.261 e. The second kappa shape index (κ2) is 6.55. The molecule has 0 saturated heterocycles. The molecule has 0 aliphatic heterocycles. The lowest BCUT2D eigenvalue weighted by molar-refractivity contribution is 0.0952. The van der Waals surface area contributed by atoms with Crippen molar-refractivity contribution in [2.45, 2.75) is 37.5 Å². The maximum absolute atomic E-state index is 12.1. The number of hydrogen-bond donors (Lipinski definition) is 1. The lowest BCUT2D eigenvalue weighted by Crippen LogP contribution is -2.25. The van der Waals surface area contributed by atoms with Gasteiger partial charge in [-0.25, -0.2) is 8.42 Å². The number of rotatable bonds is 6. The van der Waals surface area contributed by atoms with Crippen LogP contribution < -0.4 is 5.32 Å². The molecule has 1 aliphatic rings. The first-order valence-electron chi connectivity index (χ1n) is 6.82. The predicted molar refractivity (Wildman–Crippen MR) is 83.5 cm³/mol. The van der Waals surface area contributed by atoms with Crippen LogP contribution >= 0.6 is 22.3 Å². The Morgan fingerprint density at radius 2 is 2.05 bits per heavy atom. The van der Waals surface area contributed by atoms with Gasteiger partial charge in [0.05, 0.1) is 4.90 Å². The summed E-state index contributed by atoms with van der Waals surface area (Å²) in [5.74, 6) is 0.496. The van der Waals surface area contributed by atoms with Crippen molar-refractivity contribution in [3.05, 3.63) is 28.3 Å². The van der Waals surface area contributed by atoms with Gasteiger partial charge in [-0.1, -0.05) is 24.4 Å². The molecule has 116 valence electrons. The van der Waals surface area contributed by atoms with Crippen LogP contribution in [0.2, 0.25) is 5.02 Å². The maximum atomic E-state index is 12.1. The van der Waals surface area contributed by atoms with Gasteiger partial charge in [0.2, 0.25) is 0 Å². The van der Waals surface area contributed by atoms with Gasteiger partial charge in [0, 0.05) is 27.8 Å². The first kappa shape index (κ1) is 16.6. The quantitative estimate of drug-likeness (QED) is 0.631. The zero-order valence-corrected chi connectivity index (χ0v) is 14.0. The predicted octanol–water partition coefficient (Wildman–Crippen LogP) is 3.50. The minimum Gasteiger partial charge on any atom is -0.352 e. The summed E-state index contributed by atoms with van der Waals surface area (Å²) >= 11 is 5.88. The van der Waals surface area contributed by atoms with E-state index in [-0.39, 0.29) is 21.4 Å². The average Bonchev–Trinajstić information content (AvgIpc) is 3.19. The molecule has 2 rings (SSSR count). The van der Waals surface area contributed by atoms with Crippen LogP contribution in [0.15, 0.2) is 17.0 Å². The Labute approximate surface area is 134 Å². The topological polar surface area (TPSA) is 63.2 Å². The van der Waals surface area contributed by atoms with E-state index in [1.165, 1.54) is 25.0 Å². The fourth-order valence-electron chi connectivity index (χ4n) is 2.24. The van der Waals surface area contributed by atoms with Crippen LogP contribution in [0.1, 0.15) is 41.6 Å². The molecule has 4 nitrogen and oxygen atoms in total. The molecule has 1 aromatic carbocycles. The van der Waals surface area contributed by atoms with Crippen molar-refractivity contribution >= 4 is 37.2 Å². The SMILES string of the molecule is Cc1c(C(=O)NCCCC2CC2)cc(Cl)cc1S(=O)(=O)Cl. The third kappa shape index (κ3) is 4.59. The molecular weight excluding hydrogens is 333 g/mol. The second-order valence-electron chi connectivity index (χ2n) is 5.36. The van der Waals surface area contributed by atoms with Gasteiger partial charge in [-0.05, 0) is 43.4 Å². The molecule has 1 saturated carbocycles. The average molecular weight is 350 g/mol. The Kier molecular flexibility index (Phi) is 5.17. The summed E-state index contributed by atoms with van der Waals surface area (Å²) in [4.78, 5) is 12.0. The summed E-state index contributed by atoms with van der Waals surface area (Å²) < 4.78 is 23.0. The van der Waals surface area contributed by atoms with Crippen LogP contribution in [0.3, 0.4) is 0 Å². The van der Waals surface area contributed by atoms with Crippen LogP contribution in [-0.4, -0.2) is 20.9 Å². The van der Waals surface area contributed by atoms with Crippen molar-refractivity contribution < 1.29 is 13.2 Å². The second-order valence-corrected chi connectivity index (χ2v) is 8.33. The number of amides is 1. The van der Waals surface area contributed by atoms with Crippen LogP contribution in [0, 0.1) is 12.8 Å². The largest absolute Gasteiger partial charge is 0.352 e. The lowest BCUT2D eigenvalue weighted by Gasteiger charge is -2.11. The van der Waals surface area contributed by atoms with E-state index in [0.29, 0.717) is 12.1 Å². The van der Waals surface area contributed by atoms with E-state index in [9.17, 15) is 13.2 Å². The molecule has 0 aromatic heterocycles. The highest BCUT2D eigenvalue weighted by atomic mass is 35.7. The summed E-state index contributed by atoms with van der Waals surface area (Å²) in [7, 11) is 1.43. The Bertz CT molecular complexity index is 654. The Balaban J connectivity index is 2.10. The molecule has 1 amide bonds. The Morgan fingerprint density at radius 1 is 1.38 bits per heavy atom. The molecule has 1 aromatic rings. The van der Waals surface area contributed by atoms with Gasteiger partial charge in [-0.2, -0.15) is 0 Å². The monoisotopic (exact) mass is 349 g/mol. The van der Waals surface area contributed by atoms with Crippen molar-refractivity contribution in [2.75, 3.05) is 6.54 Å². The van der Waals surface area contributed by atoms with Gasteiger partial charge in [-0.15, -0.1) is 0 Å². The van der Waals surface area contributed by atoms with E-state index in [2.05, 4.69) is 5.32 Å². The minimum atomic E-state index is -3.93. The molecule has 0 radical (unpaired) electrons. The Hall–Kier alpha value is -0.780. The van der Waals surface area contributed by atoms with Gasteiger partial charge >= 0.3 is 0 Å². The molecule has 0 heterocycles. The number of carbonyl (C=O) groups excluding carboxylic acids is 1. The van der Waals surface area contributed by atoms with Crippen molar-refractivity contribution in [2.24, 2.45) is 5.92 Å². The van der Waals surface area contributed by atoms with Crippen molar-refractivity contribution in [1.82, 2.24) is 5.32 Å². The first-order chi connectivity index (χ1) is 9.79. The molecule has 0 unspecified atom stereocenters. The van der Waals surface area contributed by atoms with Gasteiger partial charge in [0.25, 0.3) is 15.0 Å². The van der Waals surface area contributed by atoms with Crippen LogP contribution in [-0.2, 0) is 9.05 Å². The van der Waals surface area contributed by atoms with Crippen molar-refractivity contribution in [1.29, 1.82) is 0 Å². The number of halogens is 2. The van der Waals surface area contributed by atoms with E-state index in [0.717, 1.165) is 18.8 Å². The summed E-state index contributed by atoms with van der Waals surface area (Å²) in [5, 5.41) is 2.96. The van der Waals surface area contributed by atoms with Gasteiger partial charge in [0.15, 0.2) is 0 Å². The lowest BCUT2D eigenvalue weighted by atomic mass is 10.1. The zero-order valence-electron chi connectivity index (χ0n) is 11.7. The fourth-order valence-corrected chi connectivity index (χ4v) is 3.74. The number of nitrogens with one attached hydrogen (secondary N) is 1. The number of carbonyl (C=O) groups is 1. The van der Waals surface area contributed by atoms with Crippen molar-refractivity contribution in [3.63, 3.8) is 0 Å². The van der Waals surface area contributed by atoms with Gasteiger partial charge in [0.1, 0.15) is 0 Å².